The molecule has 1 aliphatic rings. The van der Waals surface area contributed by atoms with Crippen molar-refractivity contribution in [3.63, 3.8) is 0 Å². The van der Waals surface area contributed by atoms with E-state index in [4.69, 9.17) is 18.6 Å². The van der Waals surface area contributed by atoms with Gasteiger partial charge < -0.3 is 18.6 Å². The van der Waals surface area contributed by atoms with Crippen molar-refractivity contribution in [3.05, 3.63) is 65.6 Å². The van der Waals surface area contributed by atoms with Crippen molar-refractivity contribution in [2.75, 3.05) is 13.2 Å². The highest BCUT2D eigenvalue weighted by Crippen LogP contribution is 2.30. The summed E-state index contributed by atoms with van der Waals surface area (Å²) >= 11 is 0. The predicted molar refractivity (Wildman–Crippen MR) is 105 cm³/mol. The zero-order chi connectivity index (χ0) is 20.1. The summed E-state index contributed by atoms with van der Waals surface area (Å²) in [6.07, 6.45) is 3.84. The fourth-order valence-electron chi connectivity index (χ4n) is 2.84. The van der Waals surface area contributed by atoms with Crippen LogP contribution in [0.15, 0.2) is 53.0 Å². The Morgan fingerprint density at radius 3 is 2.83 bits per heavy atom. The highest BCUT2D eigenvalue weighted by molar-refractivity contribution is 5.87. The van der Waals surface area contributed by atoms with Gasteiger partial charge in [-0.1, -0.05) is 23.8 Å². The number of fused-ring (bicyclic) bond motifs is 1. The zero-order valence-electron chi connectivity index (χ0n) is 16.0. The minimum atomic E-state index is -0.507. The van der Waals surface area contributed by atoms with Gasteiger partial charge in [0.15, 0.2) is 18.1 Å². The molecule has 0 unspecified atom stereocenters. The summed E-state index contributed by atoms with van der Waals surface area (Å²) in [6, 6.07) is 13.2. The van der Waals surface area contributed by atoms with Gasteiger partial charge in [-0.2, -0.15) is 0 Å². The van der Waals surface area contributed by atoms with Gasteiger partial charge in [0, 0.05) is 18.1 Å². The van der Waals surface area contributed by atoms with E-state index in [0.29, 0.717) is 30.6 Å². The number of esters is 1. The molecule has 0 atom stereocenters. The van der Waals surface area contributed by atoms with E-state index >= 15 is 0 Å². The fourth-order valence-corrected chi connectivity index (χ4v) is 2.84. The summed E-state index contributed by atoms with van der Waals surface area (Å²) in [7, 11) is 0. The minimum Gasteiger partial charge on any atom is -0.490 e. The molecule has 2 aromatic carbocycles. The molecule has 29 heavy (non-hydrogen) atoms. The van der Waals surface area contributed by atoms with Gasteiger partial charge in [0.2, 0.25) is 5.89 Å². The number of benzene rings is 2. The van der Waals surface area contributed by atoms with Crippen LogP contribution < -0.4 is 9.47 Å². The van der Waals surface area contributed by atoms with Crippen molar-refractivity contribution >= 4 is 12.0 Å². The number of carbonyl (C=O) groups is 1. The number of aromatic nitrogens is 2. The number of nitrogens with zero attached hydrogens (tertiary/aromatic N) is 2. The van der Waals surface area contributed by atoms with E-state index in [0.717, 1.165) is 23.1 Å². The Kier molecular flexibility index (Phi) is 5.56. The first-order valence-electron chi connectivity index (χ1n) is 9.31. The Hall–Kier alpha value is -3.61. The molecule has 0 fully saturated rings. The summed E-state index contributed by atoms with van der Waals surface area (Å²) in [5, 5.41) is 7.92. The van der Waals surface area contributed by atoms with E-state index in [1.54, 1.807) is 6.08 Å². The van der Waals surface area contributed by atoms with Crippen LogP contribution in [0.4, 0.5) is 0 Å². The molecule has 7 heteroatoms. The smallest absolute Gasteiger partial charge is 0.331 e. The lowest BCUT2D eigenvalue weighted by molar-refractivity contribution is -0.139. The van der Waals surface area contributed by atoms with Crippen LogP contribution in [0.1, 0.15) is 23.4 Å². The molecule has 2 heterocycles. The maximum atomic E-state index is 12.0. The largest absolute Gasteiger partial charge is 0.490 e. The first kappa shape index (κ1) is 18.7. The topological polar surface area (TPSA) is 83.7 Å². The molecular formula is C22H20N2O5. The monoisotopic (exact) mass is 392 g/mol. The van der Waals surface area contributed by atoms with Crippen LogP contribution in [0, 0.1) is 6.92 Å². The lowest BCUT2D eigenvalue weighted by Gasteiger charge is -2.07. The van der Waals surface area contributed by atoms with Crippen LogP contribution in [0.2, 0.25) is 0 Å². The minimum absolute atomic E-state index is 0.0941. The Balaban J connectivity index is 1.34. The van der Waals surface area contributed by atoms with Gasteiger partial charge in [0.1, 0.15) is 0 Å². The third-order valence-corrected chi connectivity index (χ3v) is 4.25. The summed E-state index contributed by atoms with van der Waals surface area (Å²) in [4.78, 5) is 12.0. The Labute approximate surface area is 167 Å². The molecule has 0 aliphatic carbocycles. The molecule has 0 saturated carbocycles. The van der Waals surface area contributed by atoms with Crippen molar-refractivity contribution in [1.29, 1.82) is 0 Å². The first-order valence-corrected chi connectivity index (χ1v) is 9.31. The van der Waals surface area contributed by atoms with E-state index in [-0.39, 0.29) is 12.5 Å². The fraction of sp³-hybridized carbons (Fsp3) is 0.227. The maximum Gasteiger partial charge on any atom is 0.331 e. The van der Waals surface area contributed by atoms with Crippen LogP contribution >= 0.6 is 0 Å². The maximum absolute atomic E-state index is 12.0. The third kappa shape index (κ3) is 4.82. The van der Waals surface area contributed by atoms with Gasteiger partial charge >= 0.3 is 5.97 Å². The normalized spacial score (nSPS) is 13.3. The number of carbonyl (C=O) groups excluding carboxylic acids is 1. The Bertz CT molecular complexity index is 1040. The highest BCUT2D eigenvalue weighted by Gasteiger charge is 2.11. The van der Waals surface area contributed by atoms with E-state index < -0.39 is 5.97 Å². The highest BCUT2D eigenvalue weighted by atomic mass is 16.5. The molecule has 0 amide bonds. The van der Waals surface area contributed by atoms with Crippen LogP contribution in [-0.2, 0) is 16.1 Å². The number of ether oxygens (including phenoxy) is 3. The van der Waals surface area contributed by atoms with Gasteiger partial charge in [-0.3, -0.25) is 0 Å². The number of rotatable bonds is 5. The molecule has 148 valence electrons. The summed E-state index contributed by atoms with van der Waals surface area (Å²) in [5.41, 5.74) is 2.73. The second-order valence-corrected chi connectivity index (χ2v) is 6.57. The molecule has 4 rings (SSSR count). The molecule has 1 aliphatic heterocycles. The lowest BCUT2D eigenvalue weighted by Crippen LogP contribution is -2.01. The Morgan fingerprint density at radius 1 is 1.10 bits per heavy atom. The van der Waals surface area contributed by atoms with Crippen molar-refractivity contribution in [1.82, 2.24) is 10.2 Å². The van der Waals surface area contributed by atoms with Gasteiger partial charge in [0.25, 0.3) is 5.89 Å². The Morgan fingerprint density at radius 2 is 1.97 bits per heavy atom. The average molecular weight is 392 g/mol. The van der Waals surface area contributed by atoms with Gasteiger partial charge in [0.05, 0.1) is 13.2 Å². The number of aryl methyl sites for hydroxylation is 1. The molecule has 0 N–H and O–H groups in total. The second kappa shape index (κ2) is 8.60. The standard InChI is InChI=1S/C22H20N2O5/c1-15-4-2-5-17(12-15)22-24-23-20(29-22)14-28-21(25)9-7-16-6-8-18-19(13-16)27-11-3-10-26-18/h2,4-9,12-13H,3,10-11,14H2,1H3/b9-7+. The van der Waals surface area contributed by atoms with Crippen LogP contribution in [0.25, 0.3) is 17.5 Å². The summed E-state index contributed by atoms with van der Waals surface area (Å²) < 4.78 is 22.0. The van der Waals surface area contributed by atoms with Crippen molar-refractivity contribution in [2.24, 2.45) is 0 Å². The number of hydrogen-bond acceptors (Lipinski definition) is 7. The molecule has 0 spiro atoms. The predicted octanol–water partition coefficient (Wildman–Crippen LogP) is 3.96. The lowest BCUT2D eigenvalue weighted by atomic mass is 10.1. The van der Waals surface area contributed by atoms with Crippen LogP contribution in [0.5, 0.6) is 11.5 Å². The second-order valence-electron chi connectivity index (χ2n) is 6.57. The molecule has 1 aromatic heterocycles. The van der Waals surface area contributed by atoms with Crippen LogP contribution in [-0.4, -0.2) is 29.4 Å². The number of hydrogen-bond donors (Lipinski definition) is 0. The molecule has 0 bridgehead atoms. The van der Waals surface area contributed by atoms with E-state index in [1.165, 1.54) is 6.08 Å². The van der Waals surface area contributed by atoms with Crippen molar-refractivity contribution in [2.45, 2.75) is 20.0 Å². The summed E-state index contributed by atoms with van der Waals surface area (Å²) in [5.74, 6) is 1.50. The first-order chi connectivity index (χ1) is 14.2. The molecule has 3 aromatic rings. The van der Waals surface area contributed by atoms with E-state index in [1.807, 2.05) is 49.4 Å². The SMILES string of the molecule is Cc1cccc(-c2nnc(COC(=O)/C=C/c3ccc4c(c3)OCCCO4)o2)c1. The van der Waals surface area contributed by atoms with E-state index in [2.05, 4.69) is 10.2 Å². The quantitative estimate of drug-likeness (QED) is 0.480. The van der Waals surface area contributed by atoms with Gasteiger partial charge in [-0.15, -0.1) is 10.2 Å². The van der Waals surface area contributed by atoms with Crippen molar-refractivity contribution < 1.29 is 23.4 Å². The van der Waals surface area contributed by atoms with Crippen molar-refractivity contribution in [3.8, 4) is 23.0 Å². The van der Waals surface area contributed by atoms with Gasteiger partial charge in [-0.05, 0) is 42.8 Å². The molecule has 0 radical (unpaired) electrons. The molecule has 0 saturated heterocycles. The third-order valence-electron chi connectivity index (χ3n) is 4.25. The van der Waals surface area contributed by atoms with Crippen LogP contribution in [0.3, 0.4) is 0 Å². The van der Waals surface area contributed by atoms with Gasteiger partial charge in [-0.25, -0.2) is 4.79 Å². The zero-order valence-corrected chi connectivity index (χ0v) is 16.0. The molecular weight excluding hydrogens is 372 g/mol. The van der Waals surface area contributed by atoms with E-state index in [9.17, 15) is 4.79 Å². The molecule has 7 nitrogen and oxygen atoms in total. The summed E-state index contributed by atoms with van der Waals surface area (Å²) in [6.45, 7) is 3.13. The average Bonchev–Trinajstić information content (AvgIpc) is 3.08.